The van der Waals surface area contributed by atoms with Gasteiger partial charge < -0.3 is 5.32 Å². The molecule has 0 radical (unpaired) electrons. The van der Waals surface area contributed by atoms with Crippen LogP contribution in [0.4, 0.5) is 4.39 Å². The van der Waals surface area contributed by atoms with Crippen molar-refractivity contribution in [2.75, 3.05) is 6.54 Å². The molecule has 1 rings (SSSR count). The molecule has 0 aliphatic rings. The molecular weight excluding hydrogens is 297 g/mol. The minimum absolute atomic E-state index is 0.145. The van der Waals surface area contributed by atoms with Crippen LogP contribution < -0.4 is 5.32 Å². The van der Waals surface area contributed by atoms with E-state index in [9.17, 15) is 9.18 Å². The van der Waals surface area contributed by atoms with Gasteiger partial charge in [-0.15, -0.1) is 0 Å². The van der Waals surface area contributed by atoms with E-state index in [2.05, 4.69) is 35.1 Å². The first-order valence-corrected chi connectivity index (χ1v) is 6.97. The Labute approximate surface area is 116 Å². The van der Waals surface area contributed by atoms with Crippen molar-refractivity contribution in [3.63, 3.8) is 0 Å². The van der Waals surface area contributed by atoms with Crippen LogP contribution in [0.2, 0.25) is 0 Å². The fraction of sp³-hybridized carbons (Fsp3) is 0.500. The first-order valence-electron chi connectivity index (χ1n) is 6.18. The number of ketones is 1. The quantitative estimate of drug-likeness (QED) is 0.780. The highest BCUT2D eigenvalue weighted by atomic mass is 79.9. The van der Waals surface area contributed by atoms with Gasteiger partial charge in [0, 0.05) is 23.4 Å². The Morgan fingerprint density at radius 3 is 2.83 bits per heavy atom. The number of halogens is 2. The zero-order valence-corrected chi connectivity index (χ0v) is 12.4. The summed E-state index contributed by atoms with van der Waals surface area (Å²) in [7, 11) is 0. The molecule has 0 atom stereocenters. The van der Waals surface area contributed by atoms with Crippen LogP contribution in [0, 0.1) is 5.82 Å². The fourth-order valence-electron chi connectivity index (χ4n) is 1.66. The Morgan fingerprint density at radius 1 is 1.44 bits per heavy atom. The van der Waals surface area contributed by atoms with Crippen LogP contribution >= 0.6 is 15.9 Å². The molecule has 1 N–H and O–H groups in total. The van der Waals surface area contributed by atoms with Gasteiger partial charge in [-0.25, -0.2) is 4.39 Å². The van der Waals surface area contributed by atoms with E-state index in [1.807, 2.05) is 0 Å². The summed E-state index contributed by atoms with van der Waals surface area (Å²) in [6.07, 6.45) is 1.65. The number of hydrogen-bond acceptors (Lipinski definition) is 2. The molecule has 0 heterocycles. The van der Waals surface area contributed by atoms with Crippen LogP contribution in [-0.4, -0.2) is 18.4 Å². The maximum atomic E-state index is 13.1. The van der Waals surface area contributed by atoms with Gasteiger partial charge in [0.1, 0.15) is 11.6 Å². The van der Waals surface area contributed by atoms with Crippen molar-refractivity contribution in [1.29, 1.82) is 0 Å². The van der Waals surface area contributed by atoms with Crippen molar-refractivity contribution in [3.8, 4) is 0 Å². The van der Waals surface area contributed by atoms with Crippen LogP contribution in [0.15, 0.2) is 22.7 Å². The van der Waals surface area contributed by atoms with Crippen molar-refractivity contribution in [1.82, 2.24) is 5.32 Å². The summed E-state index contributed by atoms with van der Waals surface area (Å²) in [6, 6.07) is 4.87. The number of carbonyl (C=O) groups is 1. The average molecular weight is 316 g/mol. The third kappa shape index (κ3) is 5.74. The summed E-state index contributed by atoms with van der Waals surface area (Å²) >= 11 is 3.33. The summed E-state index contributed by atoms with van der Waals surface area (Å²) in [5.74, 6) is -0.158. The second-order valence-electron chi connectivity index (χ2n) is 4.66. The lowest BCUT2D eigenvalue weighted by Crippen LogP contribution is -2.24. The second-order valence-corrected chi connectivity index (χ2v) is 5.52. The van der Waals surface area contributed by atoms with E-state index in [0.29, 0.717) is 18.9 Å². The maximum absolute atomic E-state index is 13.1. The topological polar surface area (TPSA) is 29.1 Å². The third-order valence-electron chi connectivity index (χ3n) is 2.58. The standard InChI is InChI=1S/C14H19BrFNO/c1-10(2)17-7-3-4-13(18)9-11-8-12(16)5-6-14(11)15/h5-6,8,10,17H,3-4,7,9H2,1-2H3. The Morgan fingerprint density at radius 2 is 2.17 bits per heavy atom. The largest absolute Gasteiger partial charge is 0.315 e. The molecule has 0 aromatic heterocycles. The zero-order chi connectivity index (χ0) is 13.5. The van der Waals surface area contributed by atoms with E-state index in [-0.39, 0.29) is 11.6 Å². The zero-order valence-electron chi connectivity index (χ0n) is 10.8. The van der Waals surface area contributed by atoms with E-state index in [0.717, 1.165) is 23.0 Å². The van der Waals surface area contributed by atoms with Gasteiger partial charge in [0.2, 0.25) is 0 Å². The van der Waals surface area contributed by atoms with Gasteiger partial charge in [-0.05, 0) is 36.7 Å². The predicted octanol–water partition coefficient (Wildman–Crippen LogP) is 3.48. The normalized spacial score (nSPS) is 10.9. The van der Waals surface area contributed by atoms with Crippen LogP contribution in [0.25, 0.3) is 0 Å². The summed E-state index contributed by atoms with van der Waals surface area (Å²) in [5.41, 5.74) is 0.719. The van der Waals surface area contributed by atoms with Crippen LogP contribution in [0.5, 0.6) is 0 Å². The Hall–Kier alpha value is -0.740. The van der Waals surface area contributed by atoms with Gasteiger partial charge in [0.25, 0.3) is 0 Å². The molecule has 100 valence electrons. The molecule has 0 bridgehead atoms. The SMILES string of the molecule is CC(C)NCCCC(=O)Cc1cc(F)ccc1Br. The van der Waals surface area contributed by atoms with Crippen molar-refractivity contribution >= 4 is 21.7 Å². The van der Waals surface area contributed by atoms with Gasteiger partial charge >= 0.3 is 0 Å². The summed E-state index contributed by atoms with van der Waals surface area (Å²) in [4.78, 5) is 11.7. The highest BCUT2D eigenvalue weighted by molar-refractivity contribution is 9.10. The maximum Gasteiger partial charge on any atom is 0.137 e. The Balaban J connectivity index is 2.38. The van der Waals surface area contributed by atoms with E-state index in [4.69, 9.17) is 0 Å². The van der Waals surface area contributed by atoms with Crippen LogP contribution in [-0.2, 0) is 11.2 Å². The molecular formula is C14H19BrFNO. The number of Topliss-reactive ketones (excluding diaryl/α,β-unsaturated/α-hetero) is 1. The molecule has 18 heavy (non-hydrogen) atoms. The third-order valence-corrected chi connectivity index (χ3v) is 3.35. The molecule has 0 unspecified atom stereocenters. The summed E-state index contributed by atoms with van der Waals surface area (Å²) < 4.78 is 13.8. The van der Waals surface area contributed by atoms with Crippen molar-refractivity contribution in [3.05, 3.63) is 34.1 Å². The minimum atomic E-state index is -0.303. The van der Waals surface area contributed by atoms with Gasteiger partial charge in [-0.3, -0.25) is 4.79 Å². The molecule has 1 aromatic rings. The molecule has 0 saturated heterocycles. The van der Waals surface area contributed by atoms with Crippen molar-refractivity contribution in [2.45, 2.75) is 39.2 Å². The van der Waals surface area contributed by atoms with Gasteiger partial charge in [0.15, 0.2) is 0 Å². The molecule has 0 spiro atoms. The minimum Gasteiger partial charge on any atom is -0.315 e. The molecule has 4 heteroatoms. The first kappa shape index (κ1) is 15.3. The predicted molar refractivity (Wildman–Crippen MR) is 75.2 cm³/mol. The van der Waals surface area contributed by atoms with Crippen LogP contribution in [0.1, 0.15) is 32.3 Å². The monoisotopic (exact) mass is 315 g/mol. The summed E-state index contributed by atoms with van der Waals surface area (Å²) in [5, 5.41) is 3.26. The van der Waals surface area contributed by atoms with E-state index >= 15 is 0 Å². The molecule has 0 fully saturated rings. The number of hydrogen-bond donors (Lipinski definition) is 1. The Bertz CT molecular complexity index is 407. The smallest absolute Gasteiger partial charge is 0.137 e. The summed E-state index contributed by atoms with van der Waals surface area (Å²) in [6.45, 7) is 4.99. The van der Waals surface area contributed by atoms with E-state index < -0.39 is 0 Å². The molecule has 0 amide bonds. The van der Waals surface area contributed by atoms with E-state index in [1.54, 1.807) is 6.07 Å². The fourth-order valence-corrected chi connectivity index (χ4v) is 2.04. The molecule has 0 aliphatic carbocycles. The lowest BCUT2D eigenvalue weighted by atomic mass is 10.1. The number of carbonyl (C=O) groups excluding carboxylic acids is 1. The number of benzene rings is 1. The highest BCUT2D eigenvalue weighted by Crippen LogP contribution is 2.19. The van der Waals surface area contributed by atoms with Gasteiger partial charge in [-0.1, -0.05) is 29.8 Å². The number of nitrogens with one attached hydrogen (secondary N) is 1. The second kappa shape index (κ2) is 7.64. The lowest BCUT2D eigenvalue weighted by molar-refractivity contribution is -0.118. The highest BCUT2D eigenvalue weighted by Gasteiger charge is 2.08. The number of rotatable bonds is 7. The van der Waals surface area contributed by atoms with E-state index in [1.165, 1.54) is 12.1 Å². The molecule has 0 aliphatic heterocycles. The van der Waals surface area contributed by atoms with Gasteiger partial charge in [-0.2, -0.15) is 0 Å². The Kier molecular flexibility index (Phi) is 6.50. The first-order chi connectivity index (χ1) is 8.49. The van der Waals surface area contributed by atoms with Gasteiger partial charge in [0.05, 0.1) is 0 Å². The lowest BCUT2D eigenvalue weighted by Gasteiger charge is -2.07. The van der Waals surface area contributed by atoms with Crippen LogP contribution in [0.3, 0.4) is 0 Å². The molecule has 2 nitrogen and oxygen atoms in total. The average Bonchev–Trinajstić information content (AvgIpc) is 2.29. The molecule has 1 aromatic carbocycles. The van der Waals surface area contributed by atoms with Crippen molar-refractivity contribution in [2.24, 2.45) is 0 Å². The van der Waals surface area contributed by atoms with Crippen molar-refractivity contribution < 1.29 is 9.18 Å². The molecule has 0 saturated carbocycles.